The summed E-state index contributed by atoms with van der Waals surface area (Å²) < 4.78 is 17.0. The van der Waals surface area contributed by atoms with Crippen molar-refractivity contribution in [3.8, 4) is 0 Å². The van der Waals surface area contributed by atoms with Gasteiger partial charge < -0.3 is 19.5 Å². The zero-order valence-corrected chi connectivity index (χ0v) is 19.2. The number of halogens is 1. The summed E-state index contributed by atoms with van der Waals surface area (Å²) in [5, 5.41) is 9.54. The fraction of sp³-hybridized carbons (Fsp3) is 0.440. The predicted molar refractivity (Wildman–Crippen MR) is 128 cm³/mol. The lowest BCUT2D eigenvalue weighted by Gasteiger charge is -2.36. The van der Waals surface area contributed by atoms with E-state index in [1.54, 1.807) is 12.3 Å². The number of pyridine rings is 1. The van der Waals surface area contributed by atoms with Gasteiger partial charge in [-0.2, -0.15) is 0 Å². The number of hydrogen-bond donors (Lipinski definition) is 1. The molecule has 9 heteroatoms. The molecule has 2 fully saturated rings. The molecular formula is C25H28FN5O3. The molecule has 1 saturated carbocycles. The average Bonchev–Trinajstić information content (AvgIpc) is 3.68. The number of carbonyl (C=O) groups is 1. The Hall–Kier alpha value is -3.49. The van der Waals surface area contributed by atoms with Gasteiger partial charge in [-0.25, -0.2) is 19.2 Å². The minimum atomic E-state index is -1.29. The second-order valence-corrected chi connectivity index (χ2v) is 9.06. The molecule has 1 aliphatic heterocycles. The van der Waals surface area contributed by atoms with Crippen LogP contribution in [0.1, 0.15) is 54.7 Å². The number of hydrogen-bond acceptors (Lipinski definition) is 6. The van der Waals surface area contributed by atoms with Gasteiger partial charge >= 0.3 is 5.97 Å². The molecule has 8 nitrogen and oxygen atoms in total. The van der Waals surface area contributed by atoms with E-state index in [0.29, 0.717) is 43.3 Å². The average molecular weight is 466 g/mol. The van der Waals surface area contributed by atoms with E-state index in [1.165, 1.54) is 12.3 Å². The number of fused-ring (bicyclic) bond motifs is 1. The van der Waals surface area contributed by atoms with Crippen molar-refractivity contribution in [2.75, 3.05) is 36.0 Å². The second kappa shape index (κ2) is 9.04. The molecule has 3 heterocycles. The van der Waals surface area contributed by atoms with Gasteiger partial charge in [-0.1, -0.05) is 13.3 Å². The highest BCUT2D eigenvalue weighted by Gasteiger charge is 2.28. The molecule has 0 atom stereocenters. The maximum atomic E-state index is 15.2. The van der Waals surface area contributed by atoms with Crippen molar-refractivity contribution >= 4 is 28.5 Å². The van der Waals surface area contributed by atoms with Crippen molar-refractivity contribution in [1.82, 2.24) is 14.5 Å². The van der Waals surface area contributed by atoms with Crippen LogP contribution in [0, 0.1) is 5.82 Å². The molecule has 1 saturated heterocycles. The summed E-state index contributed by atoms with van der Waals surface area (Å²) in [7, 11) is 0. The lowest BCUT2D eigenvalue weighted by Crippen LogP contribution is -2.47. The summed E-state index contributed by atoms with van der Waals surface area (Å²) in [5.74, 6) is -1.10. The molecule has 0 spiro atoms. The summed E-state index contributed by atoms with van der Waals surface area (Å²) in [6.45, 7) is 4.64. The smallest absolute Gasteiger partial charge is 0.341 e. The molecule has 0 radical (unpaired) electrons. The van der Waals surface area contributed by atoms with E-state index in [9.17, 15) is 14.7 Å². The summed E-state index contributed by atoms with van der Waals surface area (Å²) in [6.07, 6.45) is 8.17. The second-order valence-electron chi connectivity index (χ2n) is 9.06. The van der Waals surface area contributed by atoms with E-state index in [-0.39, 0.29) is 17.0 Å². The van der Waals surface area contributed by atoms with Gasteiger partial charge in [0.1, 0.15) is 11.4 Å². The van der Waals surface area contributed by atoms with Gasteiger partial charge in [-0.3, -0.25) is 4.79 Å². The van der Waals surface area contributed by atoms with E-state index in [4.69, 9.17) is 4.98 Å². The van der Waals surface area contributed by atoms with Crippen LogP contribution in [0.15, 0.2) is 35.4 Å². The molecule has 2 aromatic heterocycles. The van der Waals surface area contributed by atoms with Crippen LogP contribution in [0.5, 0.6) is 0 Å². The first-order valence-electron chi connectivity index (χ1n) is 11.9. The number of rotatable bonds is 7. The number of aromatic nitrogens is 3. The van der Waals surface area contributed by atoms with E-state index in [0.717, 1.165) is 37.8 Å². The first-order valence-corrected chi connectivity index (χ1v) is 11.9. The summed E-state index contributed by atoms with van der Waals surface area (Å²) in [4.78, 5) is 37.5. The number of carboxylic acid groups (broad SMARTS) is 1. The molecule has 0 amide bonds. The molecule has 1 aromatic carbocycles. The Kier molecular flexibility index (Phi) is 5.93. The van der Waals surface area contributed by atoms with Crippen molar-refractivity contribution in [3.05, 3.63) is 57.9 Å². The molecule has 1 aliphatic carbocycles. The number of piperazine rings is 1. The zero-order valence-electron chi connectivity index (χ0n) is 19.2. The largest absolute Gasteiger partial charge is 0.477 e. The van der Waals surface area contributed by atoms with Gasteiger partial charge in [0.25, 0.3) is 0 Å². The lowest BCUT2D eigenvalue weighted by atomic mass is 10.1. The third-order valence-electron chi connectivity index (χ3n) is 6.66. The SMILES string of the molecule is CCCCc1ccnc(N2CCN(c3cc4c(cc3F)c(=O)c(C(=O)O)cn4C3CC3)CC2)n1. The van der Waals surface area contributed by atoms with Crippen molar-refractivity contribution in [2.24, 2.45) is 0 Å². The topological polar surface area (TPSA) is 91.6 Å². The van der Waals surface area contributed by atoms with Gasteiger partial charge in [0.05, 0.1) is 11.2 Å². The predicted octanol–water partition coefficient (Wildman–Crippen LogP) is 3.63. The summed E-state index contributed by atoms with van der Waals surface area (Å²) in [6, 6.07) is 5.00. The first-order chi connectivity index (χ1) is 16.5. The molecule has 2 aliphatic rings. The van der Waals surface area contributed by atoms with Crippen LogP contribution in [0.4, 0.5) is 16.0 Å². The number of benzene rings is 1. The van der Waals surface area contributed by atoms with Gasteiger partial charge in [0.2, 0.25) is 11.4 Å². The highest BCUT2D eigenvalue weighted by atomic mass is 19.1. The Morgan fingerprint density at radius 2 is 1.91 bits per heavy atom. The standard InChI is InChI=1S/C25H28FN5O3/c1-2-3-4-16-7-8-27-25(28-16)30-11-9-29(10-12-30)22-14-21-18(13-20(22)26)23(32)19(24(33)34)15-31(21)17-5-6-17/h7-8,13-15,17H,2-6,9-12H2,1H3,(H,33,34). The highest BCUT2D eigenvalue weighted by Crippen LogP contribution is 2.38. The number of nitrogens with zero attached hydrogens (tertiary/aromatic N) is 5. The van der Waals surface area contributed by atoms with Crippen LogP contribution in [0.2, 0.25) is 0 Å². The van der Waals surface area contributed by atoms with Crippen LogP contribution in [-0.2, 0) is 6.42 Å². The molecular weight excluding hydrogens is 437 g/mol. The molecule has 178 valence electrons. The Morgan fingerprint density at radius 1 is 1.18 bits per heavy atom. The number of unbranched alkanes of at least 4 members (excludes halogenated alkanes) is 1. The third-order valence-corrected chi connectivity index (χ3v) is 6.66. The van der Waals surface area contributed by atoms with Crippen LogP contribution in [-0.4, -0.2) is 51.8 Å². The quantitative estimate of drug-likeness (QED) is 0.570. The highest BCUT2D eigenvalue weighted by molar-refractivity contribution is 5.93. The van der Waals surface area contributed by atoms with E-state index >= 15 is 4.39 Å². The van der Waals surface area contributed by atoms with Crippen molar-refractivity contribution in [1.29, 1.82) is 0 Å². The Bertz CT molecular complexity index is 1300. The number of aromatic carboxylic acids is 1. The summed E-state index contributed by atoms with van der Waals surface area (Å²) >= 11 is 0. The molecule has 0 bridgehead atoms. The van der Waals surface area contributed by atoms with Crippen molar-refractivity contribution in [3.63, 3.8) is 0 Å². The molecule has 0 unspecified atom stereocenters. The Balaban J connectivity index is 1.41. The minimum absolute atomic E-state index is 0.115. The van der Waals surface area contributed by atoms with Crippen molar-refractivity contribution < 1.29 is 14.3 Å². The van der Waals surface area contributed by atoms with Crippen LogP contribution in [0.25, 0.3) is 10.9 Å². The van der Waals surface area contributed by atoms with Gasteiger partial charge in [-0.05, 0) is 43.9 Å². The monoisotopic (exact) mass is 465 g/mol. The number of anilines is 2. The summed E-state index contributed by atoms with van der Waals surface area (Å²) in [5.41, 5.74) is 1.09. The van der Waals surface area contributed by atoms with E-state index in [1.807, 2.05) is 15.5 Å². The fourth-order valence-electron chi connectivity index (χ4n) is 4.59. The van der Waals surface area contributed by atoms with Crippen LogP contribution >= 0.6 is 0 Å². The van der Waals surface area contributed by atoms with Crippen LogP contribution in [0.3, 0.4) is 0 Å². The number of aryl methyl sites for hydroxylation is 1. The van der Waals surface area contributed by atoms with E-state index in [2.05, 4.69) is 16.8 Å². The zero-order chi connectivity index (χ0) is 23.8. The Labute approximate surface area is 196 Å². The number of carboxylic acids is 1. The van der Waals surface area contributed by atoms with Gasteiger partial charge in [-0.15, -0.1) is 0 Å². The normalized spacial score (nSPS) is 16.3. The van der Waals surface area contributed by atoms with E-state index < -0.39 is 17.2 Å². The Morgan fingerprint density at radius 3 is 2.59 bits per heavy atom. The maximum absolute atomic E-state index is 15.2. The van der Waals surface area contributed by atoms with Crippen molar-refractivity contribution in [2.45, 2.75) is 45.1 Å². The molecule has 5 rings (SSSR count). The third kappa shape index (κ3) is 4.22. The fourth-order valence-corrected chi connectivity index (χ4v) is 4.59. The molecule has 3 aromatic rings. The van der Waals surface area contributed by atoms with Gasteiger partial charge in [0.15, 0.2) is 0 Å². The van der Waals surface area contributed by atoms with Gasteiger partial charge in [0, 0.05) is 55.7 Å². The molecule has 34 heavy (non-hydrogen) atoms. The maximum Gasteiger partial charge on any atom is 0.341 e. The lowest BCUT2D eigenvalue weighted by molar-refractivity contribution is 0.0695. The molecule has 1 N–H and O–H groups in total. The van der Waals surface area contributed by atoms with Crippen LogP contribution < -0.4 is 15.2 Å². The minimum Gasteiger partial charge on any atom is -0.477 e. The first kappa shape index (κ1) is 22.3.